The van der Waals surface area contributed by atoms with E-state index >= 15 is 0 Å². The van der Waals surface area contributed by atoms with Gasteiger partial charge in [0.25, 0.3) is 11.5 Å². The van der Waals surface area contributed by atoms with E-state index in [1.165, 1.54) is 18.3 Å². The molecule has 0 bridgehead atoms. The Morgan fingerprint density at radius 1 is 1.17 bits per heavy atom. The molecule has 1 amide bonds. The van der Waals surface area contributed by atoms with Crippen LogP contribution in [0.15, 0.2) is 71.0 Å². The van der Waals surface area contributed by atoms with E-state index in [1.807, 2.05) is 12.2 Å². The summed E-state index contributed by atoms with van der Waals surface area (Å²) in [4.78, 5) is 23.4. The fourth-order valence-corrected chi connectivity index (χ4v) is 5.33. The third kappa shape index (κ3) is 5.76. The molecule has 214 valence electrons. The molecule has 2 aliphatic rings. The number of oxime groups is 2. The molecule has 0 saturated carbocycles. The molecule has 0 saturated heterocycles. The van der Waals surface area contributed by atoms with Crippen molar-refractivity contribution in [2.45, 2.75) is 43.6 Å². The number of hydrogen-bond acceptors (Lipinski definition) is 5. The fourth-order valence-electron chi connectivity index (χ4n) is 4.85. The summed E-state index contributed by atoms with van der Waals surface area (Å²) >= 11 is 11.6. The number of rotatable bonds is 7. The summed E-state index contributed by atoms with van der Waals surface area (Å²) in [5, 5.41) is 10.3. The topological polar surface area (TPSA) is 72.3 Å². The number of hydrogen-bond donors (Lipinski definition) is 1. The van der Waals surface area contributed by atoms with Gasteiger partial charge in [0.1, 0.15) is 6.10 Å². The first-order chi connectivity index (χ1) is 19.6. The smallest absolute Gasteiger partial charge is 0.389 e. The molecule has 1 N–H and O–H groups in total. The number of nitrogens with one attached hydrogen (secondary N) is 1. The maximum atomic E-state index is 14.5. The standard InChI is InChI=1S/C29H23Cl2F4N3O3/c30-23-14-17(15-24(31)26(23)32)28(29(33,34)35)16-25(38-41-28)21-10-11-22(20-9-5-4-8-19(20)21)27(39)36-12-13-37-40-18-6-2-1-3-7-18/h2,4-6,8-11,13-15,18H,1,3,7,12,16H2,(H,36,39)/b37-13+. The molecule has 41 heavy (non-hydrogen) atoms. The zero-order valence-corrected chi connectivity index (χ0v) is 22.9. The Labute approximate surface area is 242 Å². The van der Waals surface area contributed by atoms with Crippen molar-refractivity contribution in [2.24, 2.45) is 10.3 Å². The Kier molecular flexibility index (Phi) is 8.24. The molecule has 1 aliphatic heterocycles. The lowest BCUT2D eigenvalue weighted by Crippen LogP contribution is -2.42. The molecule has 0 aromatic heterocycles. The summed E-state index contributed by atoms with van der Waals surface area (Å²) < 4.78 is 57.4. The van der Waals surface area contributed by atoms with Gasteiger partial charge in [-0.25, -0.2) is 4.39 Å². The molecule has 3 aromatic carbocycles. The molecule has 2 atom stereocenters. The van der Waals surface area contributed by atoms with E-state index in [0.717, 1.165) is 31.4 Å². The second-order valence-electron chi connectivity index (χ2n) is 9.59. The van der Waals surface area contributed by atoms with Crippen LogP contribution in [0.4, 0.5) is 17.6 Å². The molecular formula is C29H23Cl2F4N3O3. The highest BCUT2D eigenvalue weighted by molar-refractivity contribution is 6.35. The van der Waals surface area contributed by atoms with Gasteiger partial charge in [-0.3, -0.25) is 4.79 Å². The van der Waals surface area contributed by atoms with Crippen LogP contribution in [0.25, 0.3) is 10.8 Å². The van der Waals surface area contributed by atoms with E-state index in [9.17, 15) is 22.4 Å². The molecule has 2 unspecified atom stereocenters. The average Bonchev–Trinajstić information content (AvgIpc) is 3.42. The van der Waals surface area contributed by atoms with Crippen molar-refractivity contribution in [3.63, 3.8) is 0 Å². The number of amides is 1. The average molecular weight is 608 g/mol. The lowest BCUT2D eigenvalue weighted by atomic mass is 9.85. The van der Waals surface area contributed by atoms with Crippen molar-refractivity contribution >= 4 is 51.8 Å². The zero-order chi connectivity index (χ0) is 29.2. The van der Waals surface area contributed by atoms with Gasteiger partial charge in [-0.1, -0.05) is 69.9 Å². The van der Waals surface area contributed by atoms with Crippen molar-refractivity contribution in [3.05, 3.63) is 93.2 Å². The number of carbonyl (C=O) groups excluding carboxylic acids is 1. The number of nitrogens with zero attached hydrogens (tertiary/aromatic N) is 2. The van der Waals surface area contributed by atoms with Crippen LogP contribution in [0.1, 0.15) is 47.2 Å². The summed E-state index contributed by atoms with van der Waals surface area (Å²) in [5.41, 5.74) is -2.77. The molecule has 5 rings (SSSR count). The molecule has 0 radical (unpaired) electrons. The van der Waals surface area contributed by atoms with Gasteiger partial charge < -0.3 is 15.0 Å². The molecule has 0 fully saturated rings. The zero-order valence-electron chi connectivity index (χ0n) is 21.4. The predicted octanol–water partition coefficient (Wildman–Crippen LogP) is 7.71. The van der Waals surface area contributed by atoms with Gasteiger partial charge in [0.15, 0.2) is 5.82 Å². The van der Waals surface area contributed by atoms with E-state index in [-0.39, 0.29) is 18.4 Å². The molecule has 1 heterocycles. The van der Waals surface area contributed by atoms with Crippen LogP contribution in [0.5, 0.6) is 0 Å². The molecular weight excluding hydrogens is 585 g/mol. The first-order valence-corrected chi connectivity index (χ1v) is 13.5. The molecule has 3 aromatic rings. The van der Waals surface area contributed by atoms with Crippen molar-refractivity contribution in [3.8, 4) is 0 Å². The number of fused-ring (bicyclic) bond motifs is 1. The number of alkyl halides is 3. The Morgan fingerprint density at radius 3 is 2.59 bits per heavy atom. The van der Waals surface area contributed by atoms with Crippen LogP contribution in [-0.4, -0.2) is 36.7 Å². The van der Waals surface area contributed by atoms with Crippen LogP contribution in [-0.2, 0) is 15.3 Å². The number of benzene rings is 3. The van der Waals surface area contributed by atoms with E-state index in [2.05, 4.69) is 15.6 Å². The van der Waals surface area contributed by atoms with Gasteiger partial charge in [-0.2, -0.15) is 13.2 Å². The van der Waals surface area contributed by atoms with Crippen molar-refractivity contribution in [1.29, 1.82) is 0 Å². The number of allylic oxidation sites excluding steroid dienone is 1. The second kappa shape index (κ2) is 11.7. The first kappa shape index (κ1) is 28.9. The highest BCUT2D eigenvalue weighted by atomic mass is 35.5. The lowest BCUT2D eigenvalue weighted by Gasteiger charge is -2.29. The highest BCUT2D eigenvalue weighted by Crippen LogP contribution is 2.50. The highest BCUT2D eigenvalue weighted by Gasteiger charge is 2.62. The predicted molar refractivity (Wildman–Crippen MR) is 149 cm³/mol. The minimum atomic E-state index is -4.95. The Balaban J connectivity index is 1.38. The van der Waals surface area contributed by atoms with Crippen LogP contribution in [0.3, 0.4) is 0 Å². The van der Waals surface area contributed by atoms with E-state index < -0.39 is 45.5 Å². The SMILES string of the molecule is O=C(NC/C=N/OC1C=CCCC1)c1ccc(C2=NOC(c3cc(Cl)c(F)c(Cl)c3)(C(F)(F)F)C2)c2ccccc12. The Bertz CT molecular complexity index is 1550. The maximum absolute atomic E-state index is 14.5. The van der Waals surface area contributed by atoms with E-state index in [1.54, 1.807) is 24.3 Å². The summed E-state index contributed by atoms with van der Waals surface area (Å²) in [6.45, 7) is 0.114. The van der Waals surface area contributed by atoms with Gasteiger partial charge in [0, 0.05) is 23.1 Å². The Hall–Kier alpha value is -3.63. The van der Waals surface area contributed by atoms with Crippen LogP contribution < -0.4 is 5.32 Å². The lowest BCUT2D eigenvalue weighted by molar-refractivity contribution is -0.275. The number of carbonyl (C=O) groups is 1. The molecule has 1 aliphatic carbocycles. The van der Waals surface area contributed by atoms with Gasteiger partial charge in [0.05, 0.1) is 28.5 Å². The van der Waals surface area contributed by atoms with Crippen molar-refractivity contribution < 1.29 is 32.0 Å². The summed E-state index contributed by atoms with van der Waals surface area (Å²) in [7, 11) is 0. The van der Waals surface area contributed by atoms with Crippen molar-refractivity contribution in [1.82, 2.24) is 5.32 Å². The van der Waals surface area contributed by atoms with E-state index in [0.29, 0.717) is 21.9 Å². The number of halogens is 6. The summed E-state index contributed by atoms with van der Waals surface area (Å²) in [6.07, 6.45) is 2.62. The maximum Gasteiger partial charge on any atom is 0.435 e. The largest absolute Gasteiger partial charge is 0.435 e. The summed E-state index contributed by atoms with van der Waals surface area (Å²) in [6, 6.07) is 11.5. The quantitative estimate of drug-likeness (QED) is 0.0983. The monoisotopic (exact) mass is 607 g/mol. The Morgan fingerprint density at radius 2 is 1.90 bits per heavy atom. The minimum Gasteiger partial charge on any atom is -0.389 e. The van der Waals surface area contributed by atoms with Gasteiger partial charge in [0.2, 0.25) is 0 Å². The van der Waals surface area contributed by atoms with Gasteiger partial charge >= 0.3 is 6.18 Å². The minimum absolute atomic E-state index is 0.0110. The third-order valence-corrected chi connectivity index (χ3v) is 7.50. The molecule has 0 spiro atoms. The van der Waals surface area contributed by atoms with Gasteiger partial charge in [-0.15, -0.1) is 0 Å². The normalized spacial score (nSPS) is 20.7. The molecule has 6 nitrogen and oxygen atoms in total. The van der Waals surface area contributed by atoms with Crippen LogP contribution in [0, 0.1) is 5.82 Å². The summed E-state index contributed by atoms with van der Waals surface area (Å²) in [5.74, 6) is -1.44. The molecule has 12 heteroatoms. The van der Waals surface area contributed by atoms with Gasteiger partial charge in [-0.05, 0) is 54.3 Å². The van der Waals surface area contributed by atoms with Crippen molar-refractivity contribution in [2.75, 3.05) is 6.54 Å². The first-order valence-electron chi connectivity index (χ1n) is 12.7. The van der Waals surface area contributed by atoms with Crippen LogP contribution >= 0.6 is 23.2 Å². The second-order valence-corrected chi connectivity index (χ2v) is 10.4. The van der Waals surface area contributed by atoms with Crippen LogP contribution in [0.2, 0.25) is 10.0 Å². The van der Waals surface area contributed by atoms with E-state index in [4.69, 9.17) is 32.9 Å². The third-order valence-electron chi connectivity index (χ3n) is 6.95. The fraction of sp³-hybridized carbons (Fsp3) is 0.276.